The van der Waals surface area contributed by atoms with Gasteiger partial charge >= 0.3 is 11.9 Å². The van der Waals surface area contributed by atoms with Gasteiger partial charge in [0.2, 0.25) is 0 Å². The summed E-state index contributed by atoms with van der Waals surface area (Å²) in [5.74, 6) is 0.566. The molecule has 0 saturated heterocycles. The fourth-order valence-corrected chi connectivity index (χ4v) is 2.90. The van der Waals surface area contributed by atoms with Gasteiger partial charge in [0.1, 0.15) is 0 Å². The molecular weight excluding hydrogens is 320 g/mol. The van der Waals surface area contributed by atoms with E-state index in [1.165, 1.54) is 19.3 Å². The third kappa shape index (κ3) is 7.16. The summed E-state index contributed by atoms with van der Waals surface area (Å²) in [7, 11) is 0. The lowest BCUT2D eigenvalue weighted by Gasteiger charge is -2.20. The van der Waals surface area contributed by atoms with Gasteiger partial charge < -0.3 is 14.2 Å². The van der Waals surface area contributed by atoms with Gasteiger partial charge in [0.25, 0.3) is 0 Å². The van der Waals surface area contributed by atoms with E-state index in [-0.39, 0.29) is 24.9 Å². The van der Waals surface area contributed by atoms with Crippen LogP contribution in [0, 0.1) is 5.92 Å². The highest BCUT2D eigenvalue weighted by Gasteiger charge is 2.17. The topological polar surface area (TPSA) is 61.8 Å². The summed E-state index contributed by atoms with van der Waals surface area (Å²) >= 11 is 0. The van der Waals surface area contributed by atoms with Crippen molar-refractivity contribution < 1.29 is 23.8 Å². The Hall–Kier alpha value is -2.04. The number of benzene rings is 1. The van der Waals surface area contributed by atoms with Gasteiger partial charge in [0, 0.05) is 0 Å². The zero-order chi connectivity index (χ0) is 18.1. The lowest BCUT2D eigenvalue weighted by atomic mass is 9.90. The van der Waals surface area contributed by atoms with Gasteiger partial charge in [-0.25, -0.2) is 0 Å². The number of hydrogen-bond acceptors (Lipinski definition) is 5. The lowest BCUT2D eigenvalue weighted by molar-refractivity contribution is -0.148. The van der Waals surface area contributed by atoms with E-state index < -0.39 is 5.97 Å². The number of esters is 2. The molecule has 1 aromatic carbocycles. The molecule has 0 amide bonds. The van der Waals surface area contributed by atoms with E-state index in [9.17, 15) is 9.59 Å². The molecule has 0 aromatic heterocycles. The van der Waals surface area contributed by atoms with Crippen LogP contribution in [0.2, 0.25) is 0 Å². The average molecular weight is 348 g/mol. The number of carbonyl (C=O) groups excluding carboxylic acids is 2. The molecule has 0 atom stereocenters. The zero-order valence-corrected chi connectivity index (χ0v) is 15.2. The van der Waals surface area contributed by atoms with Gasteiger partial charge in [-0.1, -0.05) is 31.4 Å². The molecule has 5 heteroatoms. The minimum absolute atomic E-state index is 0.000483. The van der Waals surface area contributed by atoms with Crippen molar-refractivity contribution in [1.29, 1.82) is 0 Å². The lowest BCUT2D eigenvalue weighted by Crippen LogP contribution is -2.18. The van der Waals surface area contributed by atoms with Gasteiger partial charge in [-0.05, 0) is 44.7 Å². The molecule has 1 aliphatic rings. The molecule has 5 nitrogen and oxygen atoms in total. The molecule has 1 saturated carbocycles. The van der Waals surface area contributed by atoms with Crippen LogP contribution in [-0.2, 0) is 14.3 Å². The van der Waals surface area contributed by atoms with Crippen LogP contribution < -0.4 is 9.47 Å². The predicted molar refractivity (Wildman–Crippen MR) is 94.6 cm³/mol. The molecule has 0 unspecified atom stereocenters. The Kier molecular flexibility index (Phi) is 7.76. The average Bonchev–Trinajstić information content (AvgIpc) is 2.60. The summed E-state index contributed by atoms with van der Waals surface area (Å²) in [6, 6.07) is 7.02. The van der Waals surface area contributed by atoms with E-state index in [1.807, 2.05) is 19.9 Å². The summed E-state index contributed by atoms with van der Waals surface area (Å²) in [6.45, 7) is 4.28. The zero-order valence-electron chi connectivity index (χ0n) is 15.2. The van der Waals surface area contributed by atoms with Gasteiger partial charge in [-0.2, -0.15) is 0 Å². The smallest absolute Gasteiger partial charge is 0.311 e. The van der Waals surface area contributed by atoms with Gasteiger partial charge in [-0.15, -0.1) is 0 Å². The molecule has 1 aliphatic carbocycles. The van der Waals surface area contributed by atoms with Crippen LogP contribution in [0.4, 0.5) is 0 Å². The van der Waals surface area contributed by atoms with E-state index in [0.29, 0.717) is 24.0 Å². The van der Waals surface area contributed by atoms with Gasteiger partial charge in [0.05, 0.1) is 25.6 Å². The second kappa shape index (κ2) is 10.1. The highest BCUT2D eigenvalue weighted by Crippen LogP contribution is 2.28. The Bertz CT molecular complexity index is 561. The minimum Gasteiger partial charge on any atom is -0.487 e. The van der Waals surface area contributed by atoms with Crippen LogP contribution in [0.5, 0.6) is 11.5 Å². The third-order valence-corrected chi connectivity index (χ3v) is 4.17. The molecule has 138 valence electrons. The van der Waals surface area contributed by atoms with Crippen LogP contribution in [0.15, 0.2) is 24.3 Å². The van der Waals surface area contributed by atoms with Crippen molar-refractivity contribution >= 4 is 11.9 Å². The van der Waals surface area contributed by atoms with E-state index >= 15 is 0 Å². The molecule has 0 N–H and O–H groups in total. The fourth-order valence-electron chi connectivity index (χ4n) is 2.90. The monoisotopic (exact) mass is 348 g/mol. The molecule has 1 fully saturated rings. The number of para-hydroxylation sites is 2. The molecule has 0 bridgehead atoms. The number of hydrogen-bond donors (Lipinski definition) is 0. The maximum absolute atomic E-state index is 12.0. The second-order valence-electron chi connectivity index (χ2n) is 6.77. The highest BCUT2D eigenvalue weighted by atomic mass is 16.6. The maximum atomic E-state index is 12.0. The molecule has 2 rings (SSSR count). The predicted octanol–water partition coefficient (Wildman–Crippen LogP) is 4.28. The molecule has 0 aliphatic heterocycles. The van der Waals surface area contributed by atoms with E-state index in [0.717, 1.165) is 12.8 Å². The molecule has 0 radical (unpaired) electrons. The Morgan fingerprint density at radius 3 is 2.32 bits per heavy atom. The summed E-state index contributed by atoms with van der Waals surface area (Å²) in [5, 5.41) is 0. The molecule has 25 heavy (non-hydrogen) atoms. The standard InChI is InChI=1S/C20H28O5/c1-15(2)24-17-10-6-7-11-18(17)25-20(22)13-12-19(21)23-14-16-8-4-3-5-9-16/h6-7,10-11,15-16H,3-5,8-9,12-14H2,1-2H3. The molecular formula is C20H28O5. The maximum Gasteiger partial charge on any atom is 0.311 e. The quantitative estimate of drug-likeness (QED) is 0.518. The van der Waals surface area contributed by atoms with Crippen molar-refractivity contribution in [2.24, 2.45) is 5.92 Å². The van der Waals surface area contributed by atoms with Crippen LogP contribution in [0.1, 0.15) is 58.8 Å². The van der Waals surface area contributed by atoms with Crippen LogP contribution >= 0.6 is 0 Å². The number of rotatable bonds is 8. The van der Waals surface area contributed by atoms with Crippen LogP contribution in [-0.4, -0.2) is 24.6 Å². The number of carbonyl (C=O) groups is 2. The number of ether oxygens (including phenoxy) is 3. The van der Waals surface area contributed by atoms with Crippen molar-refractivity contribution in [3.63, 3.8) is 0 Å². The first kappa shape index (κ1) is 19.3. The molecule has 0 spiro atoms. The summed E-state index contributed by atoms with van der Waals surface area (Å²) in [4.78, 5) is 23.8. The van der Waals surface area contributed by atoms with Crippen LogP contribution in [0.25, 0.3) is 0 Å². The summed E-state index contributed by atoms with van der Waals surface area (Å²) in [5.41, 5.74) is 0. The normalized spacial score (nSPS) is 15.0. The first-order valence-electron chi connectivity index (χ1n) is 9.16. The van der Waals surface area contributed by atoms with Crippen molar-refractivity contribution in [1.82, 2.24) is 0 Å². The first-order chi connectivity index (χ1) is 12.0. The highest BCUT2D eigenvalue weighted by molar-refractivity contribution is 5.79. The Morgan fingerprint density at radius 1 is 1.00 bits per heavy atom. The summed E-state index contributed by atoms with van der Waals surface area (Å²) in [6.07, 6.45) is 5.98. The first-order valence-corrected chi connectivity index (χ1v) is 9.16. The molecule has 0 heterocycles. The van der Waals surface area contributed by atoms with Gasteiger partial charge in [0.15, 0.2) is 11.5 Å². The Morgan fingerprint density at radius 2 is 1.64 bits per heavy atom. The second-order valence-corrected chi connectivity index (χ2v) is 6.77. The van der Waals surface area contributed by atoms with E-state index in [2.05, 4.69) is 0 Å². The van der Waals surface area contributed by atoms with Crippen molar-refractivity contribution in [2.75, 3.05) is 6.61 Å². The Balaban J connectivity index is 1.72. The van der Waals surface area contributed by atoms with Gasteiger partial charge in [-0.3, -0.25) is 9.59 Å². The minimum atomic E-state index is -0.463. The van der Waals surface area contributed by atoms with Crippen LogP contribution in [0.3, 0.4) is 0 Å². The van der Waals surface area contributed by atoms with Crippen molar-refractivity contribution in [2.45, 2.75) is 64.9 Å². The van der Waals surface area contributed by atoms with Crippen molar-refractivity contribution in [3.05, 3.63) is 24.3 Å². The van der Waals surface area contributed by atoms with Crippen molar-refractivity contribution in [3.8, 4) is 11.5 Å². The summed E-state index contributed by atoms with van der Waals surface area (Å²) < 4.78 is 16.2. The Labute approximate surface area is 149 Å². The fraction of sp³-hybridized carbons (Fsp3) is 0.600. The largest absolute Gasteiger partial charge is 0.487 e. The molecule has 1 aromatic rings. The van der Waals surface area contributed by atoms with E-state index in [4.69, 9.17) is 14.2 Å². The third-order valence-electron chi connectivity index (χ3n) is 4.17. The van der Waals surface area contributed by atoms with E-state index in [1.54, 1.807) is 18.2 Å². The SMILES string of the molecule is CC(C)Oc1ccccc1OC(=O)CCC(=O)OCC1CCCCC1.